The van der Waals surface area contributed by atoms with E-state index in [0.717, 1.165) is 36.0 Å². The highest BCUT2D eigenvalue weighted by Gasteiger charge is 2.21. The minimum atomic E-state index is -0.516. The molecule has 0 aliphatic carbocycles. The van der Waals surface area contributed by atoms with Gasteiger partial charge in [-0.15, -0.1) is 0 Å². The third-order valence-corrected chi connectivity index (χ3v) is 4.05. The lowest BCUT2D eigenvalue weighted by Gasteiger charge is -2.16. The number of ether oxygens (including phenoxy) is 2. The summed E-state index contributed by atoms with van der Waals surface area (Å²) in [5.41, 5.74) is 0.829. The number of rotatable bonds is 7. The molecule has 1 N–H and O–H groups in total. The van der Waals surface area contributed by atoms with E-state index in [2.05, 4.69) is 21.0 Å². The van der Waals surface area contributed by atoms with Gasteiger partial charge in [-0.1, -0.05) is 0 Å². The molecule has 19 heavy (non-hydrogen) atoms. The summed E-state index contributed by atoms with van der Waals surface area (Å²) in [5, 5.41) is 14.6. The summed E-state index contributed by atoms with van der Waals surface area (Å²) in [6.45, 7) is 2.09. The molecule has 2 unspecified atom stereocenters. The van der Waals surface area contributed by atoms with Crippen LogP contribution in [0.25, 0.3) is 0 Å². The van der Waals surface area contributed by atoms with Crippen LogP contribution in [0.2, 0.25) is 0 Å². The van der Waals surface area contributed by atoms with Crippen LogP contribution in [-0.4, -0.2) is 41.3 Å². The van der Waals surface area contributed by atoms with Crippen LogP contribution in [-0.2, 0) is 16.0 Å². The van der Waals surface area contributed by atoms with Crippen LogP contribution in [0.5, 0.6) is 0 Å². The fourth-order valence-corrected chi connectivity index (χ4v) is 2.97. The van der Waals surface area contributed by atoms with Crippen LogP contribution < -0.4 is 0 Å². The van der Waals surface area contributed by atoms with Gasteiger partial charge in [0.25, 0.3) is 0 Å². The summed E-state index contributed by atoms with van der Waals surface area (Å²) in [4.78, 5) is 0. The SMILES string of the molecule is COCCn1ncc(Br)c1C(O)CCC1CCCO1. The molecular weight excluding hydrogens is 312 g/mol. The molecule has 0 bridgehead atoms. The zero-order valence-electron chi connectivity index (χ0n) is 11.2. The lowest BCUT2D eigenvalue weighted by molar-refractivity contribution is 0.0779. The third kappa shape index (κ3) is 4.02. The van der Waals surface area contributed by atoms with Gasteiger partial charge in [-0.25, -0.2) is 0 Å². The van der Waals surface area contributed by atoms with Crippen molar-refractivity contribution in [3.63, 3.8) is 0 Å². The molecule has 1 aliphatic heterocycles. The highest BCUT2D eigenvalue weighted by atomic mass is 79.9. The first-order valence-corrected chi connectivity index (χ1v) is 7.51. The smallest absolute Gasteiger partial charge is 0.0969 e. The second-order valence-electron chi connectivity index (χ2n) is 4.82. The van der Waals surface area contributed by atoms with Crippen LogP contribution >= 0.6 is 15.9 Å². The molecule has 1 aromatic rings. The van der Waals surface area contributed by atoms with Crippen LogP contribution in [0.1, 0.15) is 37.5 Å². The topological polar surface area (TPSA) is 56.5 Å². The van der Waals surface area contributed by atoms with Crippen molar-refractivity contribution in [3.05, 3.63) is 16.4 Å². The maximum atomic E-state index is 10.3. The molecule has 2 atom stereocenters. The number of halogens is 1. The average Bonchev–Trinajstić information content (AvgIpc) is 3.03. The van der Waals surface area contributed by atoms with Crippen molar-refractivity contribution in [2.45, 2.75) is 44.4 Å². The standard InChI is InChI=1S/C13H21BrN2O3/c1-18-8-6-16-13(11(14)9-15-16)12(17)5-4-10-3-2-7-19-10/h9-10,12,17H,2-8H2,1H3. The van der Waals surface area contributed by atoms with E-state index < -0.39 is 6.10 Å². The number of hydrogen-bond acceptors (Lipinski definition) is 4. The molecule has 0 saturated carbocycles. The van der Waals surface area contributed by atoms with Crippen LogP contribution in [0.15, 0.2) is 10.7 Å². The minimum Gasteiger partial charge on any atom is -0.387 e. The Balaban J connectivity index is 1.92. The first-order chi connectivity index (χ1) is 9.22. The first kappa shape index (κ1) is 15.0. The number of nitrogens with zero attached hydrogens (tertiary/aromatic N) is 2. The molecule has 5 nitrogen and oxygen atoms in total. The fraction of sp³-hybridized carbons (Fsp3) is 0.769. The van der Waals surface area contributed by atoms with Gasteiger partial charge in [0, 0.05) is 13.7 Å². The van der Waals surface area contributed by atoms with Crippen LogP contribution in [0, 0.1) is 0 Å². The van der Waals surface area contributed by atoms with E-state index >= 15 is 0 Å². The number of methoxy groups -OCH3 is 1. The van der Waals surface area contributed by atoms with Crippen molar-refractivity contribution in [1.82, 2.24) is 9.78 Å². The van der Waals surface area contributed by atoms with Gasteiger partial charge in [0.05, 0.1) is 41.7 Å². The fourth-order valence-electron chi connectivity index (χ4n) is 2.41. The van der Waals surface area contributed by atoms with Gasteiger partial charge in [0.2, 0.25) is 0 Å². The molecule has 1 aromatic heterocycles. The summed E-state index contributed by atoms with van der Waals surface area (Å²) >= 11 is 3.45. The van der Waals surface area contributed by atoms with Crippen molar-refractivity contribution in [3.8, 4) is 0 Å². The van der Waals surface area contributed by atoms with Gasteiger partial charge < -0.3 is 14.6 Å². The van der Waals surface area contributed by atoms with Crippen molar-refractivity contribution in [2.24, 2.45) is 0 Å². The molecular formula is C13H21BrN2O3. The summed E-state index contributed by atoms with van der Waals surface area (Å²) in [6.07, 6.45) is 5.35. The Labute approximate surface area is 122 Å². The second-order valence-corrected chi connectivity index (χ2v) is 5.68. The van der Waals surface area contributed by atoms with Gasteiger partial charge in [0.1, 0.15) is 0 Å². The molecule has 0 amide bonds. The molecule has 2 heterocycles. The molecule has 0 radical (unpaired) electrons. The lowest BCUT2D eigenvalue weighted by atomic mass is 10.1. The Bertz CT molecular complexity index is 391. The molecule has 108 valence electrons. The quantitative estimate of drug-likeness (QED) is 0.832. The summed E-state index contributed by atoms with van der Waals surface area (Å²) in [7, 11) is 1.66. The first-order valence-electron chi connectivity index (χ1n) is 6.72. The van der Waals surface area contributed by atoms with E-state index in [1.807, 2.05) is 0 Å². The van der Waals surface area contributed by atoms with E-state index in [0.29, 0.717) is 25.7 Å². The lowest BCUT2D eigenvalue weighted by Crippen LogP contribution is -2.14. The Morgan fingerprint density at radius 1 is 1.68 bits per heavy atom. The maximum absolute atomic E-state index is 10.3. The van der Waals surface area contributed by atoms with Gasteiger partial charge in [-0.05, 0) is 41.6 Å². The summed E-state index contributed by atoms with van der Waals surface area (Å²) in [5.74, 6) is 0. The Morgan fingerprint density at radius 2 is 2.53 bits per heavy atom. The van der Waals surface area contributed by atoms with Crippen LogP contribution in [0.4, 0.5) is 0 Å². The van der Waals surface area contributed by atoms with Crippen molar-refractivity contribution in [2.75, 3.05) is 20.3 Å². The molecule has 1 saturated heterocycles. The molecule has 0 aromatic carbocycles. The highest BCUT2D eigenvalue weighted by Crippen LogP contribution is 2.28. The number of aliphatic hydroxyl groups is 1. The van der Waals surface area contributed by atoms with Crippen molar-refractivity contribution in [1.29, 1.82) is 0 Å². The largest absolute Gasteiger partial charge is 0.387 e. The van der Waals surface area contributed by atoms with Gasteiger partial charge in [0.15, 0.2) is 0 Å². The van der Waals surface area contributed by atoms with E-state index in [4.69, 9.17) is 9.47 Å². The minimum absolute atomic E-state index is 0.309. The maximum Gasteiger partial charge on any atom is 0.0969 e. The molecule has 2 rings (SSSR count). The summed E-state index contributed by atoms with van der Waals surface area (Å²) in [6, 6.07) is 0. The normalized spacial score (nSPS) is 20.9. The Morgan fingerprint density at radius 3 is 3.21 bits per heavy atom. The Hall–Kier alpha value is -0.430. The number of aliphatic hydroxyl groups excluding tert-OH is 1. The molecule has 6 heteroatoms. The van der Waals surface area contributed by atoms with Crippen LogP contribution in [0.3, 0.4) is 0 Å². The van der Waals surface area contributed by atoms with E-state index in [1.165, 1.54) is 0 Å². The van der Waals surface area contributed by atoms with Gasteiger partial charge in [-0.2, -0.15) is 5.10 Å². The molecule has 0 spiro atoms. The number of aromatic nitrogens is 2. The van der Waals surface area contributed by atoms with E-state index in [-0.39, 0.29) is 0 Å². The van der Waals surface area contributed by atoms with Gasteiger partial charge in [-0.3, -0.25) is 4.68 Å². The van der Waals surface area contributed by atoms with Gasteiger partial charge >= 0.3 is 0 Å². The monoisotopic (exact) mass is 332 g/mol. The van der Waals surface area contributed by atoms with E-state index in [9.17, 15) is 5.11 Å². The summed E-state index contributed by atoms with van der Waals surface area (Å²) < 4.78 is 13.3. The zero-order valence-corrected chi connectivity index (χ0v) is 12.8. The number of hydrogen-bond donors (Lipinski definition) is 1. The molecule has 1 aliphatic rings. The Kier molecular flexibility index (Phi) is 5.81. The van der Waals surface area contributed by atoms with E-state index in [1.54, 1.807) is 18.0 Å². The predicted octanol–water partition coefficient (Wildman–Crippen LogP) is 2.28. The second kappa shape index (κ2) is 7.38. The van der Waals surface area contributed by atoms with Crippen molar-refractivity contribution >= 4 is 15.9 Å². The third-order valence-electron chi connectivity index (χ3n) is 3.44. The van der Waals surface area contributed by atoms with Crippen molar-refractivity contribution < 1.29 is 14.6 Å². The molecule has 1 fully saturated rings. The highest BCUT2D eigenvalue weighted by molar-refractivity contribution is 9.10. The predicted molar refractivity (Wildman–Crippen MR) is 75.0 cm³/mol. The average molecular weight is 333 g/mol. The zero-order chi connectivity index (χ0) is 13.7.